The maximum absolute atomic E-state index is 5.85. The fourth-order valence-electron chi connectivity index (χ4n) is 3.35. The first-order chi connectivity index (χ1) is 11.7. The van der Waals surface area contributed by atoms with Gasteiger partial charge in [-0.25, -0.2) is 4.68 Å². The second-order valence-corrected chi connectivity index (χ2v) is 6.19. The highest BCUT2D eigenvalue weighted by molar-refractivity contribution is 5.41. The molecule has 0 spiro atoms. The van der Waals surface area contributed by atoms with Gasteiger partial charge in [0.2, 0.25) is 11.9 Å². The van der Waals surface area contributed by atoms with Crippen LogP contribution in [0.25, 0.3) is 0 Å². The fourth-order valence-corrected chi connectivity index (χ4v) is 3.35. The molecule has 0 unspecified atom stereocenters. The molecule has 2 heterocycles. The van der Waals surface area contributed by atoms with E-state index >= 15 is 0 Å². The number of fused-ring (bicyclic) bond motifs is 1. The summed E-state index contributed by atoms with van der Waals surface area (Å²) >= 11 is 0. The lowest BCUT2D eigenvalue weighted by atomic mass is 9.93. The fraction of sp³-hybridized carbons (Fsp3) is 0.263. The van der Waals surface area contributed by atoms with Crippen molar-refractivity contribution in [3.05, 3.63) is 71.3 Å². The van der Waals surface area contributed by atoms with Crippen molar-refractivity contribution in [3.63, 3.8) is 0 Å². The van der Waals surface area contributed by atoms with E-state index in [1.165, 1.54) is 16.7 Å². The molecular formula is C19H21N5. The summed E-state index contributed by atoms with van der Waals surface area (Å²) in [7, 11) is 0. The second-order valence-electron chi connectivity index (χ2n) is 6.19. The lowest BCUT2D eigenvalue weighted by Gasteiger charge is -2.31. The van der Waals surface area contributed by atoms with Crippen molar-refractivity contribution in [3.8, 4) is 0 Å². The maximum Gasteiger partial charge on any atom is 0.241 e. The molecule has 0 radical (unpaired) electrons. The van der Waals surface area contributed by atoms with Crippen molar-refractivity contribution in [2.45, 2.75) is 31.8 Å². The number of nitrogens with two attached hydrogens (primary N) is 1. The largest absolute Gasteiger partial charge is 0.366 e. The van der Waals surface area contributed by atoms with E-state index in [9.17, 15) is 0 Å². The molecule has 3 aromatic rings. The summed E-state index contributed by atoms with van der Waals surface area (Å²) in [6.07, 6.45) is 1.95. The Hall–Kier alpha value is -2.82. The van der Waals surface area contributed by atoms with Crippen LogP contribution in [0.5, 0.6) is 0 Å². The zero-order valence-electron chi connectivity index (χ0n) is 13.7. The van der Waals surface area contributed by atoms with Gasteiger partial charge >= 0.3 is 0 Å². The molecule has 5 nitrogen and oxygen atoms in total. The molecule has 4 rings (SSSR count). The quantitative estimate of drug-likeness (QED) is 0.774. The molecule has 5 heteroatoms. The lowest BCUT2D eigenvalue weighted by molar-refractivity contribution is 0.431. The molecule has 0 saturated carbocycles. The molecule has 3 N–H and O–H groups in total. The molecule has 1 aliphatic rings. The molecule has 0 saturated heterocycles. The van der Waals surface area contributed by atoms with E-state index in [1.54, 1.807) is 0 Å². The average Bonchev–Trinajstić information content (AvgIpc) is 3.02. The van der Waals surface area contributed by atoms with Crippen LogP contribution in [0.4, 0.5) is 11.9 Å². The van der Waals surface area contributed by atoms with E-state index < -0.39 is 0 Å². The third-order valence-electron chi connectivity index (χ3n) is 4.68. The molecule has 122 valence electrons. The molecule has 2 atom stereocenters. The van der Waals surface area contributed by atoms with Crippen LogP contribution < -0.4 is 11.1 Å². The Morgan fingerprint density at radius 1 is 1.08 bits per heavy atom. The van der Waals surface area contributed by atoms with E-state index in [0.717, 1.165) is 18.8 Å². The summed E-state index contributed by atoms with van der Waals surface area (Å²) in [5.41, 5.74) is 9.67. The van der Waals surface area contributed by atoms with E-state index in [1.807, 2.05) is 10.7 Å². The summed E-state index contributed by atoms with van der Waals surface area (Å²) in [5.74, 6) is 1.04. The molecular weight excluding hydrogens is 298 g/mol. The van der Waals surface area contributed by atoms with E-state index in [4.69, 9.17) is 5.73 Å². The summed E-state index contributed by atoms with van der Waals surface area (Å²) < 4.78 is 1.91. The van der Waals surface area contributed by atoms with Crippen LogP contribution in [0.1, 0.15) is 42.1 Å². The Labute approximate surface area is 141 Å². The van der Waals surface area contributed by atoms with Crippen molar-refractivity contribution >= 4 is 11.9 Å². The number of benzene rings is 2. The number of aryl methyl sites for hydroxylation is 1. The summed E-state index contributed by atoms with van der Waals surface area (Å²) in [4.78, 5) is 4.35. The first kappa shape index (κ1) is 14.8. The molecule has 0 fully saturated rings. The van der Waals surface area contributed by atoms with Crippen molar-refractivity contribution in [2.75, 3.05) is 11.1 Å². The van der Waals surface area contributed by atoms with Crippen LogP contribution in [-0.4, -0.2) is 14.8 Å². The van der Waals surface area contributed by atoms with Gasteiger partial charge in [0.25, 0.3) is 0 Å². The van der Waals surface area contributed by atoms with Gasteiger partial charge in [0.05, 0.1) is 12.1 Å². The predicted molar refractivity (Wildman–Crippen MR) is 95.8 cm³/mol. The highest BCUT2D eigenvalue weighted by Crippen LogP contribution is 2.37. The second kappa shape index (κ2) is 6.00. The highest BCUT2D eigenvalue weighted by atomic mass is 15.4. The van der Waals surface area contributed by atoms with Gasteiger partial charge in [-0.3, -0.25) is 0 Å². The third-order valence-corrected chi connectivity index (χ3v) is 4.68. The van der Waals surface area contributed by atoms with Gasteiger partial charge in [0.15, 0.2) is 0 Å². The van der Waals surface area contributed by atoms with Crippen molar-refractivity contribution in [1.29, 1.82) is 0 Å². The summed E-state index contributed by atoms with van der Waals surface area (Å²) in [6.45, 7) is 2.17. The van der Waals surface area contributed by atoms with Crippen molar-refractivity contribution < 1.29 is 0 Å². The monoisotopic (exact) mass is 319 g/mol. The Balaban J connectivity index is 1.73. The highest BCUT2D eigenvalue weighted by Gasteiger charge is 2.30. The number of rotatable bonds is 3. The SMILES string of the molecule is CCc1ccc([C@@H]2C[C@H](c3ccccc3)Nc3nc(N)nn32)cc1. The van der Waals surface area contributed by atoms with Gasteiger partial charge < -0.3 is 11.1 Å². The maximum atomic E-state index is 5.85. The molecule has 0 amide bonds. The number of anilines is 2. The standard InChI is InChI=1S/C19H21N5/c1-2-13-8-10-15(11-9-13)17-12-16(14-6-4-3-5-7-14)21-19-22-18(20)23-24(17)19/h3-11,16-17H,2,12H2,1H3,(H3,20,21,22,23)/t16-,17+/m1/s1. The van der Waals surface area contributed by atoms with E-state index in [-0.39, 0.29) is 12.1 Å². The third kappa shape index (κ3) is 2.62. The average molecular weight is 319 g/mol. The number of nitrogens with zero attached hydrogens (tertiary/aromatic N) is 3. The number of hydrogen-bond donors (Lipinski definition) is 2. The number of nitrogen functional groups attached to an aromatic ring is 1. The Morgan fingerprint density at radius 2 is 1.83 bits per heavy atom. The number of nitrogens with one attached hydrogen (secondary N) is 1. The van der Waals surface area contributed by atoms with E-state index in [0.29, 0.717) is 5.95 Å². The summed E-state index contributed by atoms with van der Waals surface area (Å²) in [5, 5.41) is 7.87. The Kier molecular flexibility index (Phi) is 3.69. The predicted octanol–water partition coefficient (Wildman–Crippen LogP) is 3.57. The van der Waals surface area contributed by atoms with E-state index in [2.05, 4.69) is 70.9 Å². The zero-order valence-corrected chi connectivity index (χ0v) is 13.7. The van der Waals surface area contributed by atoms with Crippen LogP contribution in [0.2, 0.25) is 0 Å². The van der Waals surface area contributed by atoms with Crippen LogP contribution in [0.15, 0.2) is 54.6 Å². The zero-order chi connectivity index (χ0) is 16.5. The Bertz CT molecular complexity index is 823. The molecule has 2 aromatic carbocycles. The van der Waals surface area contributed by atoms with Crippen LogP contribution in [-0.2, 0) is 6.42 Å². The topological polar surface area (TPSA) is 68.8 Å². The number of aromatic nitrogens is 3. The van der Waals surface area contributed by atoms with Gasteiger partial charge in [-0.15, -0.1) is 5.10 Å². The molecule has 24 heavy (non-hydrogen) atoms. The normalized spacial score (nSPS) is 19.5. The smallest absolute Gasteiger partial charge is 0.241 e. The number of hydrogen-bond acceptors (Lipinski definition) is 4. The first-order valence-electron chi connectivity index (χ1n) is 8.37. The Morgan fingerprint density at radius 3 is 2.54 bits per heavy atom. The van der Waals surface area contributed by atoms with Gasteiger partial charge in [-0.2, -0.15) is 4.98 Å². The molecule has 1 aliphatic heterocycles. The van der Waals surface area contributed by atoms with Crippen molar-refractivity contribution in [2.24, 2.45) is 0 Å². The minimum absolute atomic E-state index is 0.127. The van der Waals surface area contributed by atoms with Crippen LogP contribution >= 0.6 is 0 Å². The first-order valence-corrected chi connectivity index (χ1v) is 8.37. The lowest BCUT2D eigenvalue weighted by Crippen LogP contribution is -2.28. The van der Waals surface area contributed by atoms with Gasteiger partial charge in [-0.05, 0) is 29.5 Å². The van der Waals surface area contributed by atoms with Gasteiger partial charge in [0.1, 0.15) is 0 Å². The van der Waals surface area contributed by atoms with Crippen molar-refractivity contribution in [1.82, 2.24) is 14.8 Å². The van der Waals surface area contributed by atoms with Gasteiger partial charge in [0, 0.05) is 0 Å². The van der Waals surface area contributed by atoms with Crippen LogP contribution in [0.3, 0.4) is 0 Å². The molecule has 0 aliphatic carbocycles. The molecule has 0 bridgehead atoms. The molecule has 1 aromatic heterocycles. The summed E-state index contributed by atoms with van der Waals surface area (Å²) in [6, 6.07) is 19.5. The van der Waals surface area contributed by atoms with Gasteiger partial charge in [-0.1, -0.05) is 61.5 Å². The van der Waals surface area contributed by atoms with Crippen LogP contribution in [0, 0.1) is 0 Å². The minimum atomic E-state index is 0.127. The minimum Gasteiger partial charge on any atom is -0.366 e.